The lowest BCUT2D eigenvalue weighted by Gasteiger charge is -2.12. The van der Waals surface area contributed by atoms with Crippen molar-refractivity contribution in [2.75, 3.05) is 0 Å². The lowest BCUT2D eigenvalue weighted by Crippen LogP contribution is -2.08. The Hall–Kier alpha value is -3.44. The molecule has 156 valence electrons. The van der Waals surface area contributed by atoms with Crippen LogP contribution in [0.15, 0.2) is 12.1 Å². The maximum atomic E-state index is 14.0. The number of rotatable bonds is 3. The molecule has 2 nitrogen and oxygen atoms in total. The molecule has 3 rings (SSSR count). The Morgan fingerprint density at radius 1 is 0.533 bits per heavy atom. The lowest BCUT2D eigenvalue weighted by atomic mass is 10.00. The summed E-state index contributed by atoms with van der Waals surface area (Å²) in [7, 11) is 0. The Bertz CT molecular complexity index is 1170. The lowest BCUT2D eigenvalue weighted by molar-refractivity contribution is 0.111. The highest BCUT2D eigenvalue weighted by Crippen LogP contribution is 2.35. The van der Waals surface area contributed by atoms with Crippen molar-refractivity contribution in [1.29, 1.82) is 0 Å². The fraction of sp³-hybridized carbons (Fsp3) is 0. The van der Waals surface area contributed by atoms with Crippen molar-refractivity contribution in [3.8, 4) is 22.4 Å². The standard InChI is InChI=1S/C18H3F10NO/c19-9-7(10(20)14(24)17(27)13(9)23)4-1-2-5(29-6(4)3-30)8-11(21)15(25)18(28)16(26)12(8)22/h1-3H. The van der Waals surface area contributed by atoms with Crippen LogP contribution >= 0.6 is 0 Å². The fourth-order valence-electron chi connectivity index (χ4n) is 2.59. The van der Waals surface area contributed by atoms with E-state index in [0.29, 0.717) is 12.1 Å². The van der Waals surface area contributed by atoms with Crippen molar-refractivity contribution in [2.24, 2.45) is 0 Å². The molecule has 3 aromatic rings. The number of nitrogens with zero attached hydrogens (tertiary/aromatic N) is 1. The minimum absolute atomic E-state index is 0.275. The molecule has 1 aromatic heterocycles. The molecule has 1 heterocycles. The predicted molar refractivity (Wildman–Crippen MR) is 80.1 cm³/mol. The first-order valence-electron chi connectivity index (χ1n) is 7.52. The molecule has 0 aliphatic heterocycles. The Morgan fingerprint density at radius 2 is 0.900 bits per heavy atom. The van der Waals surface area contributed by atoms with E-state index in [1.54, 1.807) is 0 Å². The monoisotopic (exact) mass is 439 g/mol. The number of carbonyl (C=O) groups is 1. The van der Waals surface area contributed by atoms with Crippen LogP contribution in [0.4, 0.5) is 43.9 Å². The maximum absolute atomic E-state index is 14.0. The highest BCUT2D eigenvalue weighted by molar-refractivity contribution is 5.87. The maximum Gasteiger partial charge on any atom is 0.200 e. The number of pyridine rings is 1. The molecule has 0 radical (unpaired) electrons. The average molecular weight is 439 g/mol. The molecule has 0 amide bonds. The van der Waals surface area contributed by atoms with Gasteiger partial charge < -0.3 is 0 Å². The number of carbonyl (C=O) groups excluding carboxylic acids is 1. The summed E-state index contributed by atoms with van der Waals surface area (Å²) in [6.07, 6.45) is -0.275. The first kappa shape index (κ1) is 21.3. The number of aromatic nitrogens is 1. The van der Waals surface area contributed by atoms with Crippen LogP contribution in [0.5, 0.6) is 0 Å². The molecule has 12 heteroatoms. The quantitative estimate of drug-likeness (QED) is 0.230. The molecule has 0 spiro atoms. The van der Waals surface area contributed by atoms with Gasteiger partial charge >= 0.3 is 0 Å². The molecular formula is C18H3F10NO. The van der Waals surface area contributed by atoms with Gasteiger partial charge in [-0.1, -0.05) is 0 Å². The van der Waals surface area contributed by atoms with Crippen LogP contribution in [0.3, 0.4) is 0 Å². The first-order valence-corrected chi connectivity index (χ1v) is 7.52. The molecule has 0 atom stereocenters. The molecule has 2 aromatic carbocycles. The second-order valence-corrected chi connectivity index (χ2v) is 5.64. The molecule has 30 heavy (non-hydrogen) atoms. The van der Waals surface area contributed by atoms with Crippen molar-refractivity contribution in [3.63, 3.8) is 0 Å². The van der Waals surface area contributed by atoms with Gasteiger partial charge in [0.05, 0.1) is 16.8 Å². The van der Waals surface area contributed by atoms with Crippen molar-refractivity contribution >= 4 is 6.29 Å². The summed E-state index contributed by atoms with van der Waals surface area (Å²) in [5.74, 6) is -23.6. The third-order valence-electron chi connectivity index (χ3n) is 3.98. The molecule has 0 aliphatic carbocycles. The van der Waals surface area contributed by atoms with Gasteiger partial charge in [-0.3, -0.25) is 4.79 Å². The van der Waals surface area contributed by atoms with Gasteiger partial charge in [-0.25, -0.2) is 48.9 Å². The molecule has 0 bridgehead atoms. The molecule has 0 saturated carbocycles. The first-order chi connectivity index (χ1) is 14.0. The van der Waals surface area contributed by atoms with Crippen molar-refractivity contribution in [1.82, 2.24) is 4.98 Å². The van der Waals surface area contributed by atoms with Crippen LogP contribution < -0.4 is 0 Å². The minimum atomic E-state index is -2.48. The van der Waals surface area contributed by atoms with Crippen LogP contribution in [0.25, 0.3) is 22.4 Å². The predicted octanol–water partition coefficient (Wildman–Crippen LogP) is 5.62. The molecule has 0 N–H and O–H groups in total. The van der Waals surface area contributed by atoms with E-state index in [1.165, 1.54) is 0 Å². The van der Waals surface area contributed by atoms with Crippen molar-refractivity contribution in [3.05, 3.63) is 76.0 Å². The Balaban J connectivity index is 2.32. The zero-order valence-electron chi connectivity index (χ0n) is 13.9. The van der Waals surface area contributed by atoms with Gasteiger partial charge in [0.25, 0.3) is 0 Å². The van der Waals surface area contributed by atoms with Gasteiger partial charge in [-0.05, 0) is 12.1 Å². The highest BCUT2D eigenvalue weighted by Gasteiger charge is 2.30. The van der Waals surface area contributed by atoms with E-state index in [9.17, 15) is 48.7 Å². The van der Waals surface area contributed by atoms with Crippen LogP contribution in [-0.2, 0) is 0 Å². The van der Waals surface area contributed by atoms with Gasteiger partial charge in [-0.15, -0.1) is 0 Å². The Morgan fingerprint density at radius 3 is 1.30 bits per heavy atom. The summed E-state index contributed by atoms with van der Waals surface area (Å²) in [5, 5.41) is 0. The Labute approximate surface area is 159 Å². The van der Waals surface area contributed by atoms with E-state index >= 15 is 0 Å². The zero-order valence-corrected chi connectivity index (χ0v) is 13.9. The topological polar surface area (TPSA) is 30.0 Å². The third kappa shape index (κ3) is 2.99. The van der Waals surface area contributed by atoms with Crippen LogP contribution in [-0.4, -0.2) is 11.3 Å². The summed E-state index contributed by atoms with van der Waals surface area (Å²) in [5.41, 5.74) is -6.26. The van der Waals surface area contributed by atoms with Crippen molar-refractivity contribution in [2.45, 2.75) is 0 Å². The largest absolute Gasteiger partial charge is 0.296 e. The summed E-state index contributed by atoms with van der Waals surface area (Å²) >= 11 is 0. The van der Waals surface area contributed by atoms with Gasteiger partial charge in [0.2, 0.25) is 11.6 Å². The average Bonchev–Trinajstić information content (AvgIpc) is 2.74. The van der Waals surface area contributed by atoms with Gasteiger partial charge in [-0.2, -0.15) is 0 Å². The SMILES string of the molecule is O=Cc1nc(-c2c(F)c(F)c(F)c(F)c2F)ccc1-c1c(F)c(F)c(F)c(F)c1F. The normalized spacial score (nSPS) is 11.1. The highest BCUT2D eigenvalue weighted by atomic mass is 19.2. The smallest absolute Gasteiger partial charge is 0.200 e. The second kappa shape index (κ2) is 7.43. The third-order valence-corrected chi connectivity index (χ3v) is 3.98. The van der Waals surface area contributed by atoms with E-state index in [4.69, 9.17) is 0 Å². The number of halogens is 10. The van der Waals surface area contributed by atoms with Crippen LogP contribution in [0.2, 0.25) is 0 Å². The molecule has 0 saturated heterocycles. The van der Waals surface area contributed by atoms with Gasteiger partial charge in [0.1, 0.15) is 5.69 Å². The van der Waals surface area contributed by atoms with Gasteiger partial charge in [0.15, 0.2) is 52.8 Å². The van der Waals surface area contributed by atoms with E-state index in [2.05, 4.69) is 4.98 Å². The molecule has 0 aliphatic rings. The number of hydrogen-bond donors (Lipinski definition) is 0. The summed E-state index contributed by atoms with van der Waals surface area (Å²) in [6, 6.07) is 0.945. The molecule has 0 fully saturated rings. The van der Waals surface area contributed by atoms with E-state index in [0.717, 1.165) is 0 Å². The van der Waals surface area contributed by atoms with E-state index in [-0.39, 0.29) is 6.29 Å². The minimum Gasteiger partial charge on any atom is -0.296 e. The number of hydrogen-bond acceptors (Lipinski definition) is 2. The number of aldehydes is 1. The van der Waals surface area contributed by atoms with Gasteiger partial charge in [0, 0.05) is 5.56 Å². The molecule has 0 unspecified atom stereocenters. The van der Waals surface area contributed by atoms with Crippen LogP contribution in [0, 0.1) is 58.2 Å². The summed E-state index contributed by atoms with van der Waals surface area (Å²) in [4.78, 5) is 14.5. The second-order valence-electron chi connectivity index (χ2n) is 5.64. The summed E-state index contributed by atoms with van der Waals surface area (Å²) < 4.78 is 136. The Kier molecular flexibility index (Phi) is 5.27. The zero-order chi connectivity index (χ0) is 22.5. The fourth-order valence-corrected chi connectivity index (χ4v) is 2.59. The molecular weight excluding hydrogens is 436 g/mol. The van der Waals surface area contributed by atoms with Crippen molar-refractivity contribution < 1.29 is 48.7 Å². The van der Waals surface area contributed by atoms with E-state index < -0.39 is 86.3 Å². The summed E-state index contributed by atoms with van der Waals surface area (Å²) in [6.45, 7) is 0. The number of benzene rings is 2. The van der Waals surface area contributed by atoms with Crippen LogP contribution in [0.1, 0.15) is 10.5 Å². The van der Waals surface area contributed by atoms with E-state index in [1.807, 2.05) is 0 Å².